The van der Waals surface area contributed by atoms with E-state index in [1.807, 2.05) is 13.8 Å². The van der Waals surface area contributed by atoms with Crippen LogP contribution < -0.4 is 0 Å². The van der Waals surface area contributed by atoms with Gasteiger partial charge in [-0.15, -0.1) is 0 Å². The molecule has 1 radical (unpaired) electrons. The molecule has 0 atom stereocenters. The van der Waals surface area contributed by atoms with Crippen LogP contribution in [0.25, 0.3) is 0 Å². The molecule has 10 heavy (non-hydrogen) atoms. The first-order valence-electron chi connectivity index (χ1n) is 3.35. The molecule has 0 amide bonds. The molecule has 0 aromatic carbocycles. The average molecular weight is 141 g/mol. The third-order valence-electron chi connectivity index (χ3n) is 2.12. The minimum Gasteiger partial charge on any atom is -0.290 e. The predicted octanol–water partition coefficient (Wildman–Crippen LogP) is 1.35. The maximum Gasteiger partial charge on any atom is 0.272 e. The number of rotatable bonds is 3. The van der Waals surface area contributed by atoms with E-state index in [1.54, 1.807) is 13.8 Å². The summed E-state index contributed by atoms with van der Waals surface area (Å²) >= 11 is 0. The van der Waals surface area contributed by atoms with E-state index in [0.29, 0.717) is 0 Å². The van der Waals surface area contributed by atoms with Crippen molar-refractivity contribution in [2.24, 2.45) is 11.3 Å². The molecule has 0 unspecified atom stereocenters. The lowest BCUT2D eigenvalue weighted by Gasteiger charge is -2.23. The summed E-state index contributed by atoms with van der Waals surface area (Å²) in [6, 6.07) is 0. The number of Topliss-reactive ketones (excluding diaryl/α,β-unsaturated/α-hetero) is 1. The maximum absolute atomic E-state index is 10.9. The van der Waals surface area contributed by atoms with Crippen molar-refractivity contribution in [2.75, 3.05) is 0 Å². The van der Waals surface area contributed by atoms with Crippen molar-refractivity contribution in [3.63, 3.8) is 0 Å². The highest BCUT2D eigenvalue weighted by Crippen LogP contribution is 2.25. The Labute approximate surface area is 61.6 Å². The van der Waals surface area contributed by atoms with E-state index in [4.69, 9.17) is 0 Å². The van der Waals surface area contributed by atoms with Gasteiger partial charge < -0.3 is 0 Å². The predicted molar refractivity (Wildman–Crippen MR) is 39.3 cm³/mol. The van der Waals surface area contributed by atoms with Crippen molar-refractivity contribution in [2.45, 2.75) is 27.7 Å². The number of hydrogen-bond donors (Lipinski definition) is 0. The second kappa shape index (κ2) is 2.95. The van der Waals surface area contributed by atoms with E-state index >= 15 is 0 Å². The Kier molecular flexibility index (Phi) is 2.76. The topological polar surface area (TPSA) is 34.1 Å². The zero-order valence-electron chi connectivity index (χ0n) is 6.89. The first-order chi connectivity index (χ1) is 4.42. The number of ketones is 1. The van der Waals surface area contributed by atoms with Gasteiger partial charge in [-0.05, 0) is 5.92 Å². The van der Waals surface area contributed by atoms with Crippen LogP contribution >= 0.6 is 0 Å². The number of carbonyl (C=O) groups excluding carboxylic acids is 2. The van der Waals surface area contributed by atoms with Gasteiger partial charge in [0.2, 0.25) is 5.78 Å². The molecule has 0 aromatic heterocycles. The van der Waals surface area contributed by atoms with E-state index < -0.39 is 11.2 Å². The Hall–Kier alpha value is -0.660. The molecule has 0 spiro atoms. The molecule has 0 aliphatic rings. The molecular formula is C8H13O2. The highest BCUT2D eigenvalue weighted by Gasteiger charge is 2.30. The van der Waals surface area contributed by atoms with Gasteiger partial charge in [0.15, 0.2) is 0 Å². The molecule has 0 saturated heterocycles. The first kappa shape index (κ1) is 9.34. The molecule has 0 fully saturated rings. The van der Waals surface area contributed by atoms with E-state index in [9.17, 15) is 9.59 Å². The normalized spacial score (nSPS) is 11.7. The second-order valence-electron chi connectivity index (χ2n) is 3.31. The summed E-state index contributed by atoms with van der Waals surface area (Å²) in [4.78, 5) is 20.8. The average Bonchev–Trinajstić information content (AvgIpc) is 1.86. The van der Waals surface area contributed by atoms with Gasteiger partial charge in [-0.1, -0.05) is 27.7 Å². The van der Waals surface area contributed by atoms with E-state index in [-0.39, 0.29) is 5.92 Å². The van der Waals surface area contributed by atoms with Crippen molar-refractivity contribution in [1.29, 1.82) is 0 Å². The van der Waals surface area contributed by atoms with Crippen molar-refractivity contribution in [1.82, 2.24) is 0 Å². The first-order valence-corrected chi connectivity index (χ1v) is 3.35. The summed E-state index contributed by atoms with van der Waals surface area (Å²) in [6.07, 6.45) is 1.40. The lowest BCUT2D eigenvalue weighted by atomic mass is 9.78. The van der Waals surface area contributed by atoms with E-state index in [1.165, 1.54) is 6.29 Å². The molecule has 0 bridgehead atoms. The molecule has 0 aliphatic heterocycles. The van der Waals surface area contributed by atoms with E-state index in [2.05, 4.69) is 0 Å². The van der Waals surface area contributed by atoms with Crippen LogP contribution in [-0.2, 0) is 9.59 Å². The Morgan fingerprint density at radius 1 is 1.40 bits per heavy atom. The Bertz CT molecular complexity index is 145. The van der Waals surface area contributed by atoms with Gasteiger partial charge in [-0.25, -0.2) is 0 Å². The summed E-state index contributed by atoms with van der Waals surface area (Å²) in [7, 11) is 0. The maximum atomic E-state index is 10.9. The van der Waals surface area contributed by atoms with Crippen LogP contribution in [0.2, 0.25) is 0 Å². The van der Waals surface area contributed by atoms with Gasteiger partial charge in [0.05, 0.1) is 0 Å². The van der Waals surface area contributed by atoms with Gasteiger partial charge in [-0.2, -0.15) is 0 Å². The highest BCUT2D eigenvalue weighted by atomic mass is 16.2. The summed E-state index contributed by atoms with van der Waals surface area (Å²) in [5.41, 5.74) is -0.554. The molecule has 0 heterocycles. The molecule has 0 aliphatic carbocycles. The van der Waals surface area contributed by atoms with Gasteiger partial charge in [0.1, 0.15) is 0 Å². The SMILES string of the molecule is CC(C)C(C)(C)C(=O)[C]=O. The molecule has 0 rings (SSSR count). The quantitative estimate of drug-likeness (QED) is 0.556. The smallest absolute Gasteiger partial charge is 0.272 e. The zero-order valence-corrected chi connectivity index (χ0v) is 6.89. The number of carbonyl (C=O) groups is 1. The molecule has 0 N–H and O–H groups in total. The summed E-state index contributed by atoms with van der Waals surface area (Å²) in [6.45, 7) is 7.33. The zero-order chi connectivity index (χ0) is 8.36. The van der Waals surface area contributed by atoms with Crippen LogP contribution in [-0.4, -0.2) is 12.1 Å². The Morgan fingerprint density at radius 3 is 1.90 bits per heavy atom. The van der Waals surface area contributed by atoms with Gasteiger partial charge in [0.25, 0.3) is 6.29 Å². The molecular weight excluding hydrogens is 128 g/mol. The lowest BCUT2D eigenvalue weighted by Crippen LogP contribution is -2.30. The molecule has 57 valence electrons. The summed E-state index contributed by atoms with van der Waals surface area (Å²) in [5.74, 6) is -0.260. The van der Waals surface area contributed by atoms with E-state index in [0.717, 1.165) is 0 Å². The fourth-order valence-corrected chi connectivity index (χ4v) is 0.394. The molecule has 2 nitrogen and oxygen atoms in total. The minimum atomic E-state index is -0.554. The molecule has 0 aromatic rings. The standard InChI is InChI=1S/C8H13O2/c1-6(2)8(3,4)7(10)5-9/h6H,1-4H3. The largest absolute Gasteiger partial charge is 0.290 e. The van der Waals surface area contributed by atoms with Crippen LogP contribution in [0.5, 0.6) is 0 Å². The van der Waals surface area contributed by atoms with Crippen LogP contribution in [0, 0.1) is 11.3 Å². The van der Waals surface area contributed by atoms with Crippen LogP contribution in [0.4, 0.5) is 0 Å². The van der Waals surface area contributed by atoms with Gasteiger partial charge >= 0.3 is 0 Å². The van der Waals surface area contributed by atoms with Crippen LogP contribution in [0.1, 0.15) is 27.7 Å². The van der Waals surface area contributed by atoms with Gasteiger partial charge in [-0.3, -0.25) is 9.59 Å². The monoisotopic (exact) mass is 141 g/mol. The highest BCUT2D eigenvalue weighted by molar-refractivity contribution is 6.27. The Balaban J connectivity index is 4.39. The molecule has 0 saturated carbocycles. The minimum absolute atomic E-state index is 0.182. The second-order valence-corrected chi connectivity index (χ2v) is 3.31. The fraction of sp³-hybridized carbons (Fsp3) is 0.750. The Morgan fingerprint density at radius 2 is 1.80 bits per heavy atom. The van der Waals surface area contributed by atoms with Gasteiger partial charge in [0, 0.05) is 5.41 Å². The fourth-order valence-electron chi connectivity index (χ4n) is 0.394. The van der Waals surface area contributed by atoms with Crippen LogP contribution in [0.3, 0.4) is 0 Å². The third kappa shape index (κ3) is 1.66. The summed E-state index contributed by atoms with van der Waals surface area (Å²) < 4.78 is 0. The van der Waals surface area contributed by atoms with Crippen molar-refractivity contribution in [3.8, 4) is 0 Å². The summed E-state index contributed by atoms with van der Waals surface area (Å²) in [5, 5.41) is 0. The third-order valence-corrected chi connectivity index (χ3v) is 2.12. The van der Waals surface area contributed by atoms with Crippen molar-refractivity contribution < 1.29 is 9.59 Å². The van der Waals surface area contributed by atoms with Crippen molar-refractivity contribution in [3.05, 3.63) is 0 Å². The molecule has 2 heteroatoms. The van der Waals surface area contributed by atoms with Crippen molar-refractivity contribution >= 4 is 12.1 Å². The number of hydrogen-bond acceptors (Lipinski definition) is 2. The lowest BCUT2D eigenvalue weighted by molar-refractivity contribution is -0.122. The van der Waals surface area contributed by atoms with Crippen LogP contribution in [0.15, 0.2) is 0 Å².